The van der Waals surface area contributed by atoms with E-state index in [1.807, 2.05) is 30.3 Å². The van der Waals surface area contributed by atoms with Gasteiger partial charge in [0, 0.05) is 17.6 Å². The molecule has 0 fully saturated rings. The van der Waals surface area contributed by atoms with Crippen LogP contribution in [0.4, 0.5) is 0 Å². The summed E-state index contributed by atoms with van der Waals surface area (Å²) in [5, 5.41) is 13.3. The number of aryl methyl sites for hydroxylation is 1. The zero-order valence-corrected chi connectivity index (χ0v) is 15.5. The molecule has 0 atom stereocenters. The summed E-state index contributed by atoms with van der Waals surface area (Å²) in [6.45, 7) is 1.63. The fourth-order valence-corrected chi connectivity index (χ4v) is 4.55. The van der Waals surface area contributed by atoms with E-state index < -0.39 is 10.0 Å². The molecule has 1 heterocycles. The Hall–Kier alpha value is -1.87. The summed E-state index contributed by atoms with van der Waals surface area (Å²) in [4.78, 5) is 0.444. The van der Waals surface area contributed by atoms with Gasteiger partial charge in [-0.25, -0.2) is 13.6 Å². The van der Waals surface area contributed by atoms with Crippen molar-refractivity contribution in [1.29, 1.82) is 0 Å². The highest BCUT2D eigenvalue weighted by molar-refractivity contribution is 7.99. The lowest BCUT2D eigenvalue weighted by Crippen LogP contribution is -2.13. The Morgan fingerprint density at radius 2 is 1.92 bits per heavy atom. The molecule has 0 aliphatic rings. The van der Waals surface area contributed by atoms with Crippen molar-refractivity contribution in [2.45, 2.75) is 22.5 Å². The molecule has 9 heteroatoms. The predicted octanol–water partition coefficient (Wildman–Crippen LogP) is 3.64. The second-order valence-corrected chi connectivity index (χ2v) is 8.18. The van der Waals surface area contributed by atoms with Gasteiger partial charge in [0.1, 0.15) is 0 Å². The van der Waals surface area contributed by atoms with Crippen LogP contribution in [0.25, 0.3) is 11.5 Å². The minimum absolute atomic E-state index is 0.0244. The second kappa shape index (κ2) is 7.17. The Morgan fingerprint density at radius 3 is 2.52 bits per heavy atom. The Kier molecular flexibility index (Phi) is 5.14. The number of primary sulfonamides is 1. The molecule has 25 heavy (non-hydrogen) atoms. The first-order valence-corrected chi connectivity index (χ1v) is 10.1. The number of aromatic nitrogens is 2. The van der Waals surface area contributed by atoms with Crippen molar-refractivity contribution in [3.8, 4) is 11.5 Å². The largest absolute Gasteiger partial charge is 0.421 e. The molecule has 130 valence electrons. The molecule has 3 aromatic rings. The Balaban J connectivity index is 2.01. The van der Waals surface area contributed by atoms with Gasteiger partial charge >= 0.3 is 0 Å². The van der Waals surface area contributed by atoms with Crippen LogP contribution in [0.1, 0.15) is 11.5 Å². The molecule has 2 aromatic carbocycles. The van der Waals surface area contributed by atoms with Gasteiger partial charge in [-0.1, -0.05) is 41.9 Å². The molecule has 1 aromatic heterocycles. The minimum atomic E-state index is -3.95. The van der Waals surface area contributed by atoms with Gasteiger partial charge < -0.3 is 4.42 Å². The van der Waals surface area contributed by atoms with Crippen LogP contribution in [0, 0.1) is 6.92 Å². The van der Waals surface area contributed by atoms with Crippen molar-refractivity contribution in [2.75, 3.05) is 0 Å². The van der Waals surface area contributed by atoms with Crippen LogP contribution in [0.5, 0.6) is 0 Å². The molecule has 0 radical (unpaired) electrons. The molecule has 0 bridgehead atoms. The second-order valence-electron chi connectivity index (χ2n) is 5.22. The highest BCUT2D eigenvalue weighted by Gasteiger charge is 2.21. The third kappa shape index (κ3) is 4.21. The first-order valence-electron chi connectivity index (χ1n) is 7.18. The topological polar surface area (TPSA) is 99.1 Å². The summed E-state index contributed by atoms with van der Waals surface area (Å²) in [5.41, 5.74) is 1.39. The lowest BCUT2D eigenvalue weighted by Gasteiger charge is -2.10. The van der Waals surface area contributed by atoms with Gasteiger partial charge in [-0.3, -0.25) is 0 Å². The molecule has 2 N–H and O–H groups in total. The van der Waals surface area contributed by atoms with Gasteiger partial charge in [0.15, 0.2) is 0 Å². The molecule has 0 saturated heterocycles. The van der Waals surface area contributed by atoms with E-state index >= 15 is 0 Å². The molecule has 0 amide bonds. The van der Waals surface area contributed by atoms with E-state index in [1.165, 1.54) is 17.8 Å². The Morgan fingerprint density at radius 1 is 1.20 bits per heavy atom. The molecule has 0 unspecified atom stereocenters. The zero-order valence-electron chi connectivity index (χ0n) is 13.1. The van der Waals surface area contributed by atoms with Gasteiger partial charge in [-0.05, 0) is 17.7 Å². The maximum atomic E-state index is 12.0. The van der Waals surface area contributed by atoms with E-state index in [4.69, 9.17) is 21.2 Å². The lowest BCUT2D eigenvalue weighted by molar-refractivity contribution is 0.532. The number of hydrogen-bond acceptors (Lipinski definition) is 6. The minimum Gasteiger partial charge on any atom is -0.421 e. The first kappa shape index (κ1) is 17.9. The Bertz CT molecular complexity index is 1000. The van der Waals surface area contributed by atoms with E-state index in [0.717, 1.165) is 5.56 Å². The van der Waals surface area contributed by atoms with Crippen LogP contribution in [0.3, 0.4) is 0 Å². The molecule has 0 saturated carbocycles. The fraction of sp³-hybridized carbons (Fsp3) is 0.125. The van der Waals surface area contributed by atoms with E-state index in [-0.39, 0.29) is 10.8 Å². The van der Waals surface area contributed by atoms with E-state index in [2.05, 4.69) is 10.2 Å². The van der Waals surface area contributed by atoms with Crippen LogP contribution < -0.4 is 5.14 Å². The number of rotatable bonds is 5. The summed E-state index contributed by atoms with van der Waals surface area (Å²) in [7, 11) is -3.95. The summed E-state index contributed by atoms with van der Waals surface area (Å²) < 4.78 is 29.4. The number of hydrogen-bond donors (Lipinski definition) is 1. The predicted molar refractivity (Wildman–Crippen MR) is 96.9 cm³/mol. The zero-order chi connectivity index (χ0) is 18.0. The van der Waals surface area contributed by atoms with E-state index in [1.54, 1.807) is 13.0 Å². The maximum absolute atomic E-state index is 12.0. The maximum Gasteiger partial charge on any atom is 0.249 e. The van der Waals surface area contributed by atoms with Crippen molar-refractivity contribution in [2.24, 2.45) is 5.14 Å². The normalized spacial score (nSPS) is 11.6. The van der Waals surface area contributed by atoms with Crippen molar-refractivity contribution in [1.82, 2.24) is 10.2 Å². The van der Waals surface area contributed by atoms with E-state index in [0.29, 0.717) is 27.1 Å². The molecule has 0 spiro atoms. The number of thioether (sulfide) groups is 1. The number of sulfonamides is 1. The number of nitrogens with two attached hydrogens (primary N) is 1. The molecule has 0 aliphatic heterocycles. The molecule has 0 aliphatic carbocycles. The number of nitrogens with zero attached hydrogens (tertiary/aromatic N) is 2. The number of halogens is 1. The van der Waals surface area contributed by atoms with Crippen LogP contribution in [0.15, 0.2) is 56.7 Å². The smallest absolute Gasteiger partial charge is 0.249 e. The molecular formula is C16H14ClN3O3S2. The standard InChI is InChI=1S/C16H14ClN3O3S2/c1-10-19-20-16(23-10)12-7-15(25(18,21)22)14(8-13(12)17)24-9-11-5-3-2-4-6-11/h2-8H,9H2,1H3,(H2,18,21,22). The Labute approximate surface area is 154 Å². The molecule has 3 rings (SSSR count). The monoisotopic (exact) mass is 395 g/mol. The molecular weight excluding hydrogens is 382 g/mol. The van der Waals surface area contributed by atoms with Gasteiger partial charge in [0.25, 0.3) is 0 Å². The first-order chi connectivity index (χ1) is 11.8. The number of benzene rings is 2. The van der Waals surface area contributed by atoms with Crippen LogP contribution in [0.2, 0.25) is 5.02 Å². The average Bonchev–Trinajstić information content (AvgIpc) is 2.99. The van der Waals surface area contributed by atoms with Gasteiger partial charge in [-0.2, -0.15) is 0 Å². The summed E-state index contributed by atoms with van der Waals surface area (Å²) in [6.07, 6.45) is 0. The van der Waals surface area contributed by atoms with Gasteiger partial charge in [0.2, 0.25) is 21.8 Å². The highest BCUT2D eigenvalue weighted by Crippen LogP contribution is 2.37. The summed E-state index contributed by atoms with van der Waals surface area (Å²) in [5.74, 6) is 1.08. The quantitative estimate of drug-likeness (QED) is 0.662. The highest BCUT2D eigenvalue weighted by atomic mass is 35.5. The summed E-state index contributed by atoms with van der Waals surface area (Å²) in [6, 6.07) is 12.6. The third-order valence-electron chi connectivity index (χ3n) is 3.33. The molecule has 6 nitrogen and oxygen atoms in total. The lowest BCUT2D eigenvalue weighted by atomic mass is 10.2. The average molecular weight is 396 g/mol. The van der Waals surface area contributed by atoms with Crippen molar-refractivity contribution in [3.63, 3.8) is 0 Å². The third-order valence-corrected chi connectivity index (χ3v) is 5.85. The van der Waals surface area contributed by atoms with Crippen molar-refractivity contribution < 1.29 is 12.8 Å². The van der Waals surface area contributed by atoms with E-state index in [9.17, 15) is 8.42 Å². The van der Waals surface area contributed by atoms with Crippen LogP contribution >= 0.6 is 23.4 Å². The van der Waals surface area contributed by atoms with Crippen molar-refractivity contribution >= 4 is 33.4 Å². The summed E-state index contributed by atoms with van der Waals surface area (Å²) >= 11 is 7.64. The van der Waals surface area contributed by atoms with Gasteiger partial charge in [-0.15, -0.1) is 22.0 Å². The SMILES string of the molecule is Cc1nnc(-c2cc(S(N)(=O)=O)c(SCc3ccccc3)cc2Cl)o1. The fourth-order valence-electron chi connectivity index (χ4n) is 2.17. The van der Waals surface area contributed by atoms with Crippen molar-refractivity contribution in [3.05, 3.63) is 58.9 Å². The van der Waals surface area contributed by atoms with Gasteiger partial charge in [0.05, 0.1) is 15.5 Å². The van der Waals surface area contributed by atoms with Crippen LogP contribution in [-0.2, 0) is 15.8 Å². The van der Waals surface area contributed by atoms with Crippen LogP contribution in [-0.4, -0.2) is 18.6 Å².